The Bertz CT molecular complexity index is 550. The Morgan fingerprint density at radius 1 is 1.39 bits per heavy atom. The van der Waals surface area contributed by atoms with Crippen molar-refractivity contribution < 1.29 is 4.79 Å². The molecule has 0 spiro atoms. The molecule has 3 rings (SSSR count). The van der Waals surface area contributed by atoms with Gasteiger partial charge in [0.2, 0.25) is 5.91 Å². The Morgan fingerprint density at radius 3 is 3.00 bits per heavy atom. The van der Waals surface area contributed by atoms with Crippen LogP contribution in [0.4, 0.5) is 5.69 Å². The van der Waals surface area contributed by atoms with Gasteiger partial charge in [0, 0.05) is 31.2 Å². The summed E-state index contributed by atoms with van der Waals surface area (Å²) in [4.78, 5) is 14.8. The Morgan fingerprint density at radius 2 is 2.26 bits per heavy atom. The van der Waals surface area contributed by atoms with Crippen molar-refractivity contribution in [2.45, 2.75) is 58.7 Å². The molecule has 1 unspecified atom stereocenters. The van der Waals surface area contributed by atoms with Gasteiger partial charge in [-0.2, -0.15) is 0 Å². The molecule has 4 heteroatoms. The number of fused-ring (bicyclic) bond motifs is 1. The maximum absolute atomic E-state index is 12.3. The number of carbonyl (C=O) groups is 1. The molecule has 0 aliphatic carbocycles. The SMILES string of the molecule is CC(C)CCN1Cc2cccc(NC(=O)CC3CCCN3)c2C1. The third-order valence-electron chi connectivity index (χ3n) is 4.94. The van der Waals surface area contributed by atoms with Gasteiger partial charge in [0.15, 0.2) is 0 Å². The summed E-state index contributed by atoms with van der Waals surface area (Å²) < 4.78 is 0. The molecule has 1 fully saturated rings. The summed E-state index contributed by atoms with van der Waals surface area (Å²) >= 11 is 0. The molecule has 2 aliphatic rings. The Balaban J connectivity index is 1.59. The van der Waals surface area contributed by atoms with Crippen LogP contribution in [-0.4, -0.2) is 29.9 Å². The van der Waals surface area contributed by atoms with E-state index in [2.05, 4.69) is 41.5 Å². The van der Waals surface area contributed by atoms with E-state index in [1.165, 1.54) is 24.0 Å². The molecule has 1 saturated heterocycles. The first-order valence-corrected chi connectivity index (χ1v) is 8.98. The lowest BCUT2D eigenvalue weighted by molar-refractivity contribution is -0.116. The van der Waals surface area contributed by atoms with Crippen molar-refractivity contribution in [3.8, 4) is 0 Å². The van der Waals surface area contributed by atoms with Crippen LogP contribution in [0.3, 0.4) is 0 Å². The average molecular weight is 315 g/mol. The fourth-order valence-corrected chi connectivity index (χ4v) is 3.56. The molecule has 126 valence electrons. The molecule has 0 saturated carbocycles. The van der Waals surface area contributed by atoms with Crippen LogP contribution in [0.25, 0.3) is 0 Å². The number of nitrogens with zero attached hydrogens (tertiary/aromatic N) is 1. The normalized spacial score (nSPS) is 20.9. The highest BCUT2D eigenvalue weighted by Crippen LogP contribution is 2.30. The topological polar surface area (TPSA) is 44.4 Å². The first kappa shape index (κ1) is 16.5. The molecule has 23 heavy (non-hydrogen) atoms. The molecule has 2 heterocycles. The van der Waals surface area contributed by atoms with E-state index in [1.54, 1.807) is 0 Å². The number of carbonyl (C=O) groups excluding carboxylic acids is 1. The van der Waals surface area contributed by atoms with Crippen LogP contribution >= 0.6 is 0 Å². The van der Waals surface area contributed by atoms with Crippen molar-refractivity contribution in [1.82, 2.24) is 10.2 Å². The molecule has 0 bridgehead atoms. The highest BCUT2D eigenvalue weighted by atomic mass is 16.1. The zero-order valence-corrected chi connectivity index (χ0v) is 14.4. The van der Waals surface area contributed by atoms with Gasteiger partial charge < -0.3 is 10.6 Å². The van der Waals surface area contributed by atoms with Crippen LogP contribution in [0.2, 0.25) is 0 Å². The van der Waals surface area contributed by atoms with Crippen LogP contribution in [0.5, 0.6) is 0 Å². The lowest BCUT2D eigenvalue weighted by atomic mass is 10.1. The quantitative estimate of drug-likeness (QED) is 0.848. The molecule has 0 aromatic heterocycles. The molecule has 0 radical (unpaired) electrons. The first-order chi connectivity index (χ1) is 11.1. The van der Waals surface area contributed by atoms with Gasteiger partial charge >= 0.3 is 0 Å². The van der Waals surface area contributed by atoms with Crippen molar-refractivity contribution in [2.24, 2.45) is 5.92 Å². The first-order valence-electron chi connectivity index (χ1n) is 8.98. The number of hydrogen-bond donors (Lipinski definition) is 2. The summed E-state index contributed by atoms with van der Waals surface area (Å²) in [5, 5.41) is 6.54. The minimum atomic E-state index is 0.137. The summed E-state index contributed by atoms with van der Waals surface area (Å²) in [6, 6.07) is 6.66. The van der Waals surface area contributed by atoms with E-state index in [4.69, 9.17) is 0 Å². The highest BCUT2D eigenvalue weighted by molar-refractivity contribution is 5.92. The summed E-state index contributed by atoms with van der Waals surface area (Å²) in [5.74, 6) is 0.871. The molecule has 1 amide bonds. The third kappa shape index (κ3) is 4.33. The minimum absolute atomic E-state index is 0.137. The Kier molecular flexibility index (Phi) is 5.34. The minimum Gasteiger partial charge on any atom is -0.326 e. The predicted molar refractivity (Wildman–Crippen MR) is 94.3 cm³/mol. The Labute approximate surface area is 139 Å². The maximum Gasteiger partial charge on any atom is 0.225 e. The van der Waals surface area contributed by atoms with Crippen molar-refractivity contribution >= 4 is 11.6 Å². The lowest BCUT2D eigenvalue weighted by Gasteiger charge is -2.16. The second-order valence-electron chi connectivity index (χ2n) is 7.38. The van der Waals surface area contributed by atoms with Gasteiger partial charge in [0.05, 0.1) is 0 Å². The second kappa shape index (κ2) is 7.45. The number of nitrogens with one attached hydrogen (secondary N) is 2. The molecule has 1 aromatic carbocycles. The zero-order chi connectivity index (χ0) is 16.2. The Hall–Kier alpha value is -1.39. The second-order valence-corrected chi connectivity index (χ2v) is 7.38. The van der Waals surface area contributed by atoms with E-state index in [0.29, 0.717) is 12.5 Å². The van der Waals surface area contributed by atoms with Gasteiger partial charge in [-0.25, -0.2) is 0 Å². The fourth-order valence-electron chi connectivity index (χ4n) is 3.56. The molecule has 2 aliphatic heterocycles. The van der Waals surface area contributed by atoms with Gasteiger partial charge in [0.25, 0.3) is 0 Å². The monoisotopic (exact) mass is 315 g/mol. The smallest absolute Gasteiger partial charge is 0.225 e. The number of hydrogen-bond acceptors (Lipinski definition) is 3. The van der Waals surface area contributed by atoms with Crippen molar-refractivity contribution in [3.63, 3.8) is 0 Å². The van der Waals surface area contributed by atoms with E-state index in [-0.39, 0.29) is 5.91 Å². The molecule has 1 aromatic rings. The molecular formula is C19H29N3O. The predicted octanol–water partition coefficient (Wildman–Crippen LogP) is 3.13. The van der Waals surface area contributed by atoms with E-state index in [0.717, 1.165) is 44.2 Å². The largest absolute Gasteiger partial charge is 0.326 e. The van der Waals surface area contributed by atoms with E-state index >= 15 is 0 Å². The zero-order valence-electron chi connectivity index (χ0n) is 14.4. The van der Waals surface area contributed by atoms with E-state index < -0.39 is 0 Å². The van der Waals surface area contributed by atoms with E-state index in [9.17, 15) is 4.79 Å². The van der Waals surface area contributed by atoms with Crippen molar-refractivity contribution in [3.05, 3.63) is 29.3 Å². The van der Waals surface area contributed by atoms with Crippen molar-refractivity contribution in [2.75, 3.05) is 18.4 Å². The van der Waals surface area contributed by atoms with Crippen LogP contribution in [0.15, 0.2) is 18.2 Å². The van der Waals surface area contributed by atoms with Crippen LogP contribution in [-0.2, 0) is 17.9 Å². The van der Waals surface area contributed by atoms with Crippen LogP contribution in [0, 0.1) is 5.92 Å². The van der Waals surface area contributed by atoms with Gasteiger partial charge in [-0.05, 0) is 55.5 Å². The van der Waals surface area contributed by atoms with Crippen LogP contribution < -0.4 is 10.6 Å². The molecule has 4 nitrogen and oxygen atoms in total. The standard InChI is InChI=1S/C19H29N3O/c1-14(2)8-10-22-12-15-5-3-7-18(17(15)13-22)21-19(23)11-16-6-4-9-20-16/h3,5,7,14,16,20H,4,6,8-13H2,1-2H3,(H,21,23). The van der Waals surface area contributed by atoms with Gasteiger partial charge in [0.1, 0.15) is 0 Å². The maximum atomic E-state index is 12.3. The number of anilines is 1. The summed E-state index contributed by atoms with van der Waals surface area (Å²) in [6.45, 7) is 8.68. The van der Waals surface area contributed by atoms with E-state index in [1.807, 2.05) is 6.07 Å². The number of rotatable bonds is 6. The molecule has 1 atom stereocenters. The van der Waals surface area contributed by atoms with Gasteiger partial charge in [-0.15, -0.1) is 0 Å². The average Bonchev–Trinajstić information content (AvgIpc) is 3.14. The number of amides is 1. The molecular weight excluding hydrogens is 286 g/mol. The fraction of sp³-hybridized carbons (Fsp3) is 0.632. The molecule has 2 N–H and O–H groups in total. The number of benzene rings is 1. The summed E-state index contributed by atoms with van der Waals surface area (Å²) in [7, 11) is 0. The van der Waals surface area contributed by atoms with Gasteiger partial charge in [-0.3, -0.25) is 9.69 Å². The lowest BCUT2D eigenvalue weighted by Crippen LogP contribution is -2.27. The summed E-state index contributed by atoms with van der Waals surface area (Å²) in [6.07, 6.45) is 4.11. The summed E-state index contributed by atoms with van der Waals surface area (Å²) in [5.41, 5.74) is 3.69. The third-order valence-corrected chi connectivity index (χ3v) is 4.94. The van der Waals surface area contributed by atoms with Crippen LogP contribution in [0.1, 0.15) is 50.7 Å². The van der Waals surface area contributed by atoms with Gasteiger partial charge in [-0.1, -0.05) is 26.0 Å². The van der Waals surface area contributed by atoms with Crippen molar-refractivity contribution in [1.29, 1.82) is 0 Å². The highest BCUT2D eigenvalue weighted by Gasteiger charge is 2.23.